The SMILES string of the molecule is COc1ccc(CN2Cc3ccccc3C2Cc2cc(Br)ccc2OC)cc1. The van der Waals surface area contributed by atoms with Gasteiger partial charge in [0.2, 0.25) is 0 Å². The fourth-order valence-electron chi connectivity index (χ4n) is 4.01. The summed E-state index contributed by atoms with van der Waals surface area (Å²) in [5, 5.41) is 0. The first-order valence-corrected chi connectivity index (χ1v) is 10.2. The van der Waals surface area contributed by atoms with E-state index in [9.17, 15) is 0 Å². The molecule has 0 spiro atoms. The molecule has 0 aromatic heterocycles. The van der Waals surface area contributed by atoms with Gasteiger partial charge in [0.05, 0.1) is 14.2 Å². The molecule has 4 heteroatoms. The van der Waals surface area contributed by atoms with Gasteiger partial charge in [-0.05, 0) is 59.0 Å². The van der Waals surface area contributed by atoms with Gasteiger partial charge in [-0.25, -0.2) is 0 Å². The van der Waals surface area contributed by atoms with Gasteiger partial charge in [0, 0.05) is 23.6 Å². The smallest absolute Gasteiger partial charge is 0.122 e. The average molecular weight is 438 g/mol. The van der Waals surface area contributed by atoms with Crippen LogP contribution in [0.3, 0.4) is 0 Å². The summed E-state index contributed by atoms with van der Waals surface area (Å²) in [6.45, 7) is 1.86. The molecule has 4 rings (SSSR count). The Balaban J connectivity index is 1.63. The first-order valence-electron chi connectivity index (χ1n) is 9.45. The van der Waals surface area contributed by atoms with E-state index in [0.29, 0.717) is 6.04 Å². The zero-order chi connectivity index (χ0) is 19.5. The van der Waals surface area contributed by atoms with Crippen molar-refractivity contribution in [2.75, 3.05) is 14.2 Å². The third-order valence-electron chi connectivity index (χ3n) is 5.43. The third-order valence-corrected chi connectivity index (χ3v) is 5.92. The van der Waals surface area contributed by atoms with Crippen molar-refractivity contribution >= 4 is 15.9 Å². The number of hydrogen-bond acceptors (Lipinski definition) is 3. The molecule has 3 aromatic rings. The lowest BCUT2D eigenvalue weighted by Crippen LogP contribution is -2.23. The monoisotopic (exact) mass is 437 g/mol. The number of ether oxygens (including phenoxy) is 2. The van der Waals surface area contributed by atoms with Gasteiger partial charge in [0.25, 0.3) is 0 Å². The molecule has 28 heavy (non-hydrogen) atoms. The first-order chi connectivity index (χ1) is 13.7. The number of halogens is 1. The van der Waals surface area contributed by atoms with E-state index < -0.39 is 0 Å². The highest BCUT2D eigenvalue weighted by Crippen LogP contribution is 2.39. The Bertz CT molecular complexity index is 955. The van der Waals surface area contributed by atoms with Gasteiger partial charge in [-0.1, -0.05) is 52.3 Å². The van der Waals surface area contributed by atoms with Gasteiger partial charge in [-0.2, -0.15) is 0 Å². The van der Waals surface area contributed by atoms with E-state index in [1.165, 1.54) is 22.3 Å². The van der Waals surface area contributed by atoms with E-state index in [-0.39, 0.29) is 0 Å². The van der Waals surface area contributed by atoms with Crippen LogP contribution in [0.15, 0.2) is 71.2 Å². The molecule has 144 valence electrons. The topological polar surface area (TPSA) is 21.7 Å². The molecule has 1 aliphatic heterocycles. The Morgan fingerprint density at radius 2 is 1.75 bits per heavy atom. The molecular formula is C24H24BrNO2. The van der Waals surface area contributed by atoms with Crippen molar-refractivity contribution in [3.63, 3.8) is 0 Å². The van der Waals surface area contributed by atoms with Gasteiger partial charge in [-0.3, -0.25) is 4.90 Å². The lowest BCUT2D eigenvalue weighted by atomic mass is 9.97. The summed E-state index contributed by atoms with van der Waals surface area (Å²) in [7, 11) is 3.44. The molecule has 1 aliphatic rings. The van der Waals surface area contributed by atoms with Crippen molar-refractivity contribution in [1.82, 2.24) is 4.90 Å². The number of fused-ring (bicyclic) bond motifs is 1. The van der Waals surface area contributed by atoms with Crippen LogP contribution in [0.2, 0.25) is 0 Å². The number of methoxy groups -OCH3 is 2. The van der Waals surface area contributed by atoms with E-state index in [2.05, 4.69) is 63.3 Å². The molecule has 0 saturated heterocycles. The van der Waals surface area contributed by atoms with Crippen LogP contribution in [-0.4, -0.2) is 19.1 Å². The highest BCUT2D eigenvalue weighted by Gasteiger charge is 2.30. The Labute approximate surface area is 175 Å². The summed E-state index contributed by atoms with van der Waals surface area (Å²) in [5.41, 5.74) is 5.34. The average Bonchev–Trinajstić information content (AvgIpc) is 3.06. The van der Waals surface area contributed by atoms with Gasteiger partial charge in [0.1, 0.15) is 11.5 Å². The second-order valence-corrected chi connectivity index (χ2v) is 8.04. The van der Waals surface area contributed by atoms with Crippen LogP contribution in [0.1, 0.15) is 28.3 Å². The molecule has 0 radical (unpaired) electrons. The molecule has 1 heterocycles. The standard InChI is InChI=1S/C24H24BrNO2/c1-27-21-10-7-17(8-11-21)15-26-16-18-5-3-4-6-22(18)23(26)14-19-13-20(25)9-12-24(19)28-2/h3-13,23H,14-16H2,1-2H3. The van der Waals surface area contributed by atoms with Gasteiger partial charge in [0.15, 0.2) is 0 Å². The van der Waals surface area contributed by atoms with Crippen molar-refractivity contribution in [3.8, 4) is 11.5 Å². The minimum Gasteiger partial charge on any atom is -0.497 e. The van der Waals surface area contributed by atoms with E-state index in [1.807, 2.05) is 24.3 Å². The first kappa shape index (κ1) is 19.0. The molecule has 0 aliphatic carbocycles. The van der Waals surface area contributed by atoms with Crippen molar-refractivity contribution < 1.29 is 9.47 Å². The van der Waals surface area contributed by atoms with E-state index >= 15 is 0 Å². The van der Waals surface area contributed by atoms with Crippen molar-refractivity contribution in [3.05, 3.63) is 93.5 Å². The molecular weight excluding hydrogens is 414 g/mol. The lowest BCUT2D eigenvalue weighted by molar-refractivity contribution is 0.203. The summed E-state index contributed by atoms with van der Waals surface area (Å²) < 4.78 is 12.0. The van der Waals surface area contributed by atoms with Crippen molar-refractivity contribution in [2.45, 2.75) is 25.6 Å². The summed E-state index contributed by atoms with van der Waals surface area (Å²) in [6.07, 6.45) is 0.912. The Morgan fingerprint density at radius 3 is 2.50 bits per heavy atom. The Kier molecular flexibility index (Phi) is 5.69. The second-order valence-electron chi connectivity index (χ2n) is 7.13. The van der Waals surface area contributed by atoms with Crippen LogP contribution in [0.4, 0.5) is 0 Å². The van der Waals surface area contributed by atoms with Crippen LogP contribution in [0.5, 0.6) is 11.5 Å². The lowest BCUT2D eigenvalue weighted by Gasteiger charge is -2.26. The molecule has 0 amide bonds. The minimum atomic E-state index is 0.321. The largest absolute Gasteiger partial charge is 0.497 e. The normalized spacial score (nSPS) is 16.0. The van der Waals surface area contributed by atoms with E-state index in [4.69, 9.17) is 9.47 Å². The summed E-state index contributed by atoms with van der Waals surface area (Å²) in [6, 6.07) is 23.7. The maximum atomic E-state index is 5.62. The number of benzene rings is 3. The number of nitrogens with zero attached hydrogens (tertiary/aromatic N) is 1. The third kappa shape index (κ3) is 3.94. The molecule has 1 atom stereocenters. The molecule has 0 bridgehead atoms. The molecule has 0 saturated carbocycles. The second kappa shape index (κ2) is 8.38. The van der Waals surface area contributed by atoms with Crippen LogP contribution < -0.4 is 9.47 Å². The number of rotatable bonds is 6. The Hall–Kier alpha value is -2.30. The quantitative estimate of drug-likeness (QED) is 0.488. The summed E-state index contributed by atoms with van der Waals surface area (Å²) >= 11 is 3.61. The predicted molar refractivity (Wildman–Crippen MR) is 116 cm³/mol. The van der Waals surface area contributed by atoms with Crippen LogP contribution in [-0.2, 0) is 19.5 Å². The molecule has 3 nitrogen and oxygen atoms in total. The van der Waals surface area contributed by atoms with Crippen LogP contribution in [0.25, 0.3) is 0 Å². The summed E-state index contributed by atoms with van der Waals surface area (Å²) in [5.74, 6) is 1.83. The Morgan fingerprint density at radius 1 is 0.964 bits per heavy atom. The highest BCUT2D eigenvalue weighted by molar-refractivity contribution is 9.10. The zero-order valence-corrected chi connectivity index (χ0v) is 17.8. The molecule has 0 N–H and O–H groups in total. The van der Waals surface area contributed by atoms with Gasteiger partial charge in [-0.15, -0.1) is 0 Å². The predicted octanol–water partition coefficient (Wildman–Crippen LogP) is 5.77. The van der Waals surface area contributed by atoms with Crippen molar-refractivity contribution in [1.29, 1.82) is 0 Å². The van der Waals surface area contributed by atoms with Gasteiger partial charge >= 0.3 is 0 Å². The summed E-state index contributed by atoms with van der Waals surface area (Å²) in [4.78, 5) is 2.55. The molecule has 1 unspecified atom stereocenters. The van der Waals surface area contributed by atoms with Crippen molar-refractivity contribution in [2.24, 2.45) is 0 Å². The van der Waals surface area contributed by atoms with E-state index in [0.717, 1.165) is 35.5 Å². The number of hydrogen-bond donors (Lipinski definition) is 0. The van der Waals surface area contributed by atoms with E-state index in [1.54, 1.807) is 14.2 Å². The molecule has 0 fully saturated rings. The van der Waals surface area contributed by atoms with Gasteiger partial charge < -0.3 is 9.47 Å². The minimum absolute atomic E-state index is 0.321. The fraction of sp³-hybridized carbons (Fsp3) is 0.250. The zero-order valence-electron chi connectivity index (χ0n) is 16.2. The van der Waals surface area contributed by atoms with Crippen LogP contribution in [0, 0.1) is 0 Å². The highest BCUT2D eigenvalue weighted by atomic mass is 79.9. The maximum absolute atomic E-state index is 5.62. The fourth-order valence-corrected chi connectivity index (χ4v) is 4.42. The molecule has 3 aromatic carbocycles. The van der Waals surface area contributed by atoms with Crippen LogP contribution >= 0.6 is 15.9 Å². The maximum Gasteiger partial charge on any atom is 0.122 e.